The molecule has 3 nitrogen and oxygen atoms in total. The first-order valence-corrected chi connectivity index (χ1v) is 6.63. The normalized spacial score (nSPS) is 9.25. The molecule has 0 fully saturated rings. The number of carbonyl (C=O) groups excluding carboxylic acids is 1. The van der Waals surface area contributed by atoms with Crippen molar-refractivity contribution in [3.8, 4) is 11.3 Å². The van der Waals surface area contributed by atoms with Crippen molar-refractivity contribution in [3.05, 3.63) is 91.2 Å². The molecule has 0 bridgehead atoms. The van der Waals surface area contributed by atoms with Crippen molar-refractivity contribution in [2.45, 2.75) is 0 Å². The molecule has 0 aliphatic rings. The summed E-state index contributed by atoms with van der Waals surface area (Å²) in [5.41, 5.74) is 1.05. The van der Waals surface area contributed by atoms with Gasteiger partial charge in [0.2, 0.25) is 0 Å². The molecule has 0 atom stereocenters. The zero-order valence-electron chi connectivity index (χ0n) is 12.4. The first-order valence-electron chi connectivity index (χ1n) is 6.63. The van der Waals surface area contributed by atoms with E-state index < -0.39 is 11.6 Å². The minimum absolute atomic E-state index is 0. The van der Waals surface area contributed by atoms with Gasteiger partial charge in [0.05, 0.1) is 0 Å². The summed E-state index contributed by atoms with van der Waals surface area (Å²) in [6, 6.07) is 14.7. The summed E-state index contributed by atoms with van der Waals surface area (Å²) in [7, 11) is 0. The molecule has 2 heterocycles. The molecule has 125 valence electrons. The third kappa shape index (κ3) is 5.65. The van der Waals surface area contributed by atoms with Crippen molar-refractivity contribution in [2.75, 3.05) is 0 Å². The van der Waals surface area contributed by atoms with Crippen molar-refractivity contribution in [1.29, 1.82) is 0 Å². The fraction of sp³-hybridized carbons (Fsp3) is 0. The Labute approximate surface area is 152 Å². The number of rotatable bonds is 2. The second-order valence-electron chi connectivity index (χ2n) is 4.39. The second kappa shape index (κ2) is 9.65. The first kappa shape index (κ1) is 19.6. The van der Waals surface area contributed by atoms with E-state index in [4.69, 9.17) is 0 Å². The number of aromatic nitrogens is 2. The summed E-state index contributed by atoms with van der Waals surface area (Å²) in [6.45, 7) is 3.21. The summed E-state index contributed by atoms with van der Waals surface area (Å²) in [5.74, 6) is -1.53. The van der Waals surface area contributed by atoms with Crippen LogP contribution in [0, 0.1) is 24.6 Å². The molecule has 0 unspecified atom stereocenters. The van der Waals surface area contributed by atoms with E-state index in [1.165, 1.54) is 0 Å². The van der Waals surface area contributed by atoms with Gasteiger partial charge in [-0.2, -0.15) is 6.92 Å². The van der Waals surface area contributed by atoms with E-state index in [1.807, 2.05) is 0 Å². The number of pyridine rings is 2. The van der Waals surface area contributed by atoms with Crippen LogP contribution in [0.2, 0.25) is 0 Å². The number of Topliss-reactive ketones (excluding diaryl/α,β-unsaturated/α-hetero) is 1. The van der Waals surface area contributed by atoms with Gasteiger partial charge in [0.25, 0.3) is 0 Å². The Balaban J connectivity index is 0.000000252. The average molecular weight is 503 g/mol. The van der Waals surface area contributed by atoms with Crippen LogP contribution in [-0.2, 0) is 20.1 Å². The molecule has 0 saturated carbocycles. The van der Waals surface area contributed by atoms with Gasteiger partial charge >= 0.3 is 0 Å². The summed E-state index contributed by atoms with van der Waals surface area (Å²) >= 11 is 0. The number of carbonyl (C=O) groups is 1. The van der Waals surface area contributed by atoms with Gasteiger partial charge in [-0.05, 0) is 23.5 Å². The van der Waals surface area contributed by atoms with Gasteiger partial charge in [0, 0.05) is 49.9 Å². The van der Waals surface area contributed by atoms with Crippen molar-refractivity contribution in [1.82, 2.24) is 9.97 Å². The van der Waals surface area contributed by atoms with E-state index in [1.54, 1.807) is 48.8 Å². The SMILES string of the molecule is Fc1c[c-]c(-c2ccccn2)c(F)c1.[CH2-]C(=O)c1ccccn1.[Ir]. The van der Waals surface area contributed by atoms with E-state index in [2.05, 4.69) is 23.0 Å². The maximum atomic E-state index is 13.2. The van der Waals surface area contributed by atoms with Crippen LogP contribution >= 0.6 is 0 Å². The molecule has 24 heavy (non-hydrogen) atoms. The average Bonchev–Trinajstić information content (AvgIpc) is 2.57. The first-order chi connectivity index (χ1) is 11.1. The molecule has 3 aromatic rings. The molecule has 0 spiro atoms. The van der Waals surface area contributed by atoms with Crippen molar-refractivity contribution in [3.63, 3.8) is 0 Å². The molecule has 0 aliphatic carbocycles. The van der Waals surface area contributed by atoms with Gasteiger partial charge in [0.1, 0.15) is 0 Å². The molecule has 0 saturated heterocycles. The predicted octanol–water partition coefficient (Wildman–Crippen LogP) is 3.92. The van der Waals surface area contributed by atoms with Crippen LogP contribution < -0.4 is 0 Å². The van der Waals surface area contributed by atoms with Gasteiger partial charge in [-0.15, -0.1) is 18.2 Å². The van der Waals surface area contributed by atoms with Crippen LogP contribution in [0.1, 0.15) is 10.5 Å². The van der Waals surface area contributed by atoms with Crippen molar-refractivity contribution >= 4 is 5.78 Å². The van der Waals surface area contributed by atoms with Crippen molar-refractivity contribution in [2.24, 2.45) is 0 Å². The van der Waals surface area contributed by atoms with E-state index in [-0.39, 0.29) is 31.5 Å². The van der Waals surface area contributed by atoms with Gasteiger partial charge < -0.3 is 14.8 Å². The molecule has 0 N–H and O–H groups in total. The second-order valence-corrected chi connectivity index (χ2v) is 4.39. The maximum Gasteiger partial charge on any atom is 0.0408 e. The standard InChI is InChI=1S/C11H6F2N.C7H6NO.Ir/c12-8-4-5-9(10(13)7-8)11-3-1-2-6-14-11;1-6(9)7-4-2-3-5-8-7;/h1-4,6-7H;2-5H,1H2;/q2*-1;. The van der Waals surface area contributed by atoms with Crippen LogP contribution in [0.4, 0.5) is 8.78 Å². The largest absolute Gasteiger partial charge is 0.347 e. The van der Waals surface area contributed by atoms with Gasteiger partial charge in [-0.1, -0.05) is 29.8 Å². The Kier molecular flexibility index (Phi) is 7.89. The number of nitrogens with zero attached hydrogens (tertiary/aromatic N) is 2. The maximum absolute atomic E-state index is 13.2. The number of hydrogen-bond donors (Lipinski definition) is 0. The zero-order chi connectivity index (χ0) is 16.7. The van der Waals surface area contributed by atoms with Gasteiger partial charge in [-0.25, -0.2) is 0 Å². The smallest absolute Gasteiger partial charge is 0.0408 e. The minimum Gasteiger partial charge on any atom is -0.347 e. The van der Waals surface area contributed by atoms with Crippen LogP contribution in [0.25, 0.3) is 11.3 Å². The van der Waals surface area contributed by atoms with Crippen molar-refractivity contribution < 1.29 is 33.7 Å². The zero-order valence-corrected chi connectivity index (χ0v) is 14.8. The number of hydrogen-bond acceptors (Lipinski definition) is 3. The topological polar surface area (TPSA) is 42.9 Å². The quantitative estimate of drug-likeness (QED) is 0.394. The van der Waals surface area contributed by atoms with Gasteiger partial charge in [0.15, 0.2) is 0 Å². The summed E-state index contributed by atoms with van der Waals surface area (Å²) in [4.78, 5) is 18.2. The van der Waals surface area contributed by atoms with Gasteiger partial charge in [-0.3, -0.25) is 8.78 Å². The molecule has 6 heteroatoms. The molecule has 2 aromatic heterocycles. The summed E-state index contributed by atoms with van der Waals surface area (Å²) in [6.07, 6.45) is 3.12. The monoisotopic (exact) mass is 503 g/mol. The Bertz CT molecular complexity index is 784. The third-order valence-electron chi connectivity index (χ3n) is 2.73. The van der Waals surface area contributed by atoms with Crippen LogP contribution in [0.3, 0.4) is 0 Å². The molecular weight excluding hydrogens is 490 g/mol. The predicted molar refractivity (Wildman–Crippen MR) is 82.3 cm³/mol. The van der Waals surface area contributed by atoms with Crippen LogP contribution in [0.15, 0.2) is 60.9 Å². The Morgan fingerprint density at radius 2 is 1.71 bits per heavy atom. The van der Waals surface area contributed by atoms with E-state index in [0.717, 1.165) is 12.1 Å². The Morgan fingerprint density at radius 3 is 2.17 bits per heavy atom. The summed E-state index contributed by atoms with van der Waals surface area (Å²) in [5, 5.41) is 0. The molecule has 1 aromatic carbocycles. The Morgan fingerprint density at radius 1 is 1.04 bits per heavy atom. The number of halogens is 2. The third-order valence-corrected chi connectivity index (χ3v) is 2.73. The van der Waals surface area contributed by atoms with Crippen LogP contribution in [0.5, 0.6) is 0 Å². The number of ketones is 1. The van der Waals surface area contributed by atoms with E-state index >= 15 is 0 Å². The fourth-order valence-corrected chi connectivity index (χ4v) is 1.68. The molecular formula is C18H12F2IrN2O-2. The van der Waals surface area contributed by atoms with E-state index in [9.17, 15) is 13.6 Å². The fourth-order valence-electron chi connectivity index (χ4n) is 1.68. The minimum atomic E-state index is -0.649. The number of benzene rings is 1. The molecule has 3 rings (SSSR count). The molecule has 1 radical (unpaired) electrons. The molecule has 0 amide bonds. The van der Waals surface area contributed by atoms with E-state index in [0.29, 0.717) is 11.4 Å². The Hall–Kier alpha value is -2.43. The van der Waals surface area contributed by atoms with Crippen LogP contribution in [-0.4, -0.2) is 15.8 Å². The molecule has 0 aliphatic heterocycles. The summed E-state index contributed by atoms with van der Waals surface area (Å²) < 4.78 is 25.8.